The van der Waals surface area contributed by atoms with Crippen LogP contribution in [0.25, 0.3) is 10.9 Å². The SMILES string of the molecule is Cl.NCCCC[C@H](N)c1ccnc2ccccc12. The van der Waals surface area contributed by atoms with Gasteiger partial charge in [0, 0.05) is 17.6 Å². The number of fused-ring (bicyclic) bond motifs is 1. The lowest BCUT2D eigenvalue weighted by molar-refractivity contribution is 0.593. The first-order valence-corrected chi connectivity index (χ1v) is 6.12. The fourth-order valence-corrected chi connectivity index (χ4v) is 2.11. The molecule has 0 saturated heterocycles. The molecule has 0 aliphatic heterocycles. The van der Waals surface area contributed by atoms with Crippen LogP contribution in [0.5, 0.6) is 0 Å². The van der Waals surface area contributed by atoms with E-state index in [0.717, 1.165) is 36.7 Å². The highest BCUT2D eigenvalue weighted by Gasteiger charge is 2.09. The molecule has 3 nitrogen and oxygen atoms in total. The average molecular weight is 266 g/mol. The third kappa shape index (κ3) is 3.42. The van der Waals surface area contributed by atoms with Crippen LogP contribution >= 0.6 is 12.4 Å². The molecule has 18 heavy (non-hydrogen) atoms. The van der Waals surface area contributed by atoms with Crippen LogP contribution in [0.1, 0.15) is 30.9 Å². The Hall–Kier alpha value is -1.16. The number of nitrogens with two attached hydrogens (primary N) is 2. The molecule has 0 aliphatic rings. The van der Waals surface area contributed by atoms with Crippen LogP contribution in [0.3, 0.4) is 0 Å². The maximum atomic E-state index is 6.23. The van der Waals surface area contributed by atoms with Crippen LogP contribution in [0.2, 0.25) is 0 Å². The van der Waals surface area contributed by atoms with Gasteiger partial charge in [0.05, 0.1) is 5.52 Å². The molecule has 0 aliphatic carbocycles. The second-order valence-electron chi connectivity index (χ2n) is 4.31. The molecule has 4 heteroatoms. The van der Waals surface area contributed by atoms with Crippen LogP contribution in [-0.4, -0.2) is 11.5 Å². The number of halogens is 1. The number of para-hydroxylation sites is 1. The number of nitrogens with zero attached hydrogens (tertiary/aromatic N) is 1. The summed E-state index contributed by atoms with van der Waals surface area (Å²) < 4.78 is 0. The van der Waals surface area contributed by atoms with E-state index in [1.54, 1.807) is 0 Å². The highest BCUT2D eigenvalue weighted by Crippen LogP contribution is 2.24. The van der Waals surface area contributed by atoms with Gasteiger partial charge in [-0.25, -0.2) is 0 Å². The molecule has 1 heterocycles. The molecule has 0 unspecified atom stereocenters. The van der Waals surface area contributed by atoms with Crippen molar-refractivity contribution in [3.63, 3.8) is 0 Å². The lowest BCUT2D eigenvalue weighted by atomic mass is 9.98. The molecule has 4 N–H and O–H groups in total. The van der Waals surface area contributed by atoms with Gasteiger partial charge in [-0.3, -0.25) is 4.98 Å². The Kier molecular flexibility index (Phi) is 6.05. The van der Waals surface area contributed by atoms with Gasteiger partial charge in [0.2, 0.25) is 0 Å². The van der Waals surface area contributed by atoms with Gasteiger partial charge in [-0.15, -0.1) is 12.4 Å². The summed E-state index contributed by atoms with van der Waals surface area (Å²) in [6.45, 7) is 0.740. The zero-order valence-corrected chi connectivity index (χ0v) is 11.2. The first kappa shape index (κ1) is 14.9. The predicted molar refractivity (Wildman–Crippen MR) is 78.8 cm³/mol. The topological polar surface area (TPSA) is 64.9 Å². The molecule has 1 aromatic carbocycles. The van der Waals surface area contributed by atoms with Gasteiger partial charge in [0.25, 0.3) is 0 Å². The van der Waals surface area contributed by atoms with E-state index in [4.69, 9.17) is 11.5 Å². The van der Waals surface area contributed by atoms with Crippen molar-refractivity contribution in [2.75, 3.05) is 6.54 Å². The molecule has 0 bridgehead atoms. The van der Waals surface area contributed by atoms with Gasteiger partial charge in [-0.05, 0) is 37.1 Å². The van der Waals surface area contributed by atoms with Crippen molar-refractivity contribution in [3.05, 3.63) is 42.1 Å². The summed E-state index contributed by atoms with van der Waals surface area (Å²) in [6.07, 6.45) is 4.93. The number of aromatic nitrogens is 1. The molecule has 0 spiro atoms. The first-order chi connectivity index (χ1) is 8.33. The van der Waals surface area contributed by atoms with E-state index in [9.17, 15) is 0 Å². The molecule has 0 radical (unpaired) electrons. The van der Waals surface area contributed by atoms with Crippen molar-refractivity contribution in [2.24, 2.45) is 11.5 Å². The van der Waals surface area contributed by atoms with Crippen molar-refractivity contribution in [1.82, 2.24) is 4.98 Å². The second-order valence-corrected chi connectivity index (χ2v) is 4.31. The predicted octanol–water partition coefficient (Wildman–Crippen LogP) is 2.79. The van der Waals surface area contributed by atoms with E-state index in [-0.39, 0.29) is 18.4 Å². The monoisotopic (exact) mass is 265 g/mol. The van der Waals surface area contributed by atoms with Crippen molar-refractivity contribution in [2.45, 2.75) is 25.3 Å². The summed E-state index contributed by atoms with van der Waals surface area (Å²) >= 11 is 0. The molecule has 0 amide bonds. The summed E-state index contributed by atoms with van der Waals surface area (Å²) in [5, 5.41) is 1.16. The number of hydrogen-bond donors (Lipinski definition) is 2. The average Bonchev–Trinajstić information content (AvgIpc) is 2.38. The van der Waals surface area contributed by atoms with E-state index in [0.29, 0.717) is 0 Å². The van der Waals surface area contributed by atoms with E-state index in [2.05, 4.69) is 11.1 Å². The summed E-state index contributed by atoms with van der Waals surface area (Å²) in [5.41, 5.74) is 13.9. The van der Waals surface area contributed by atoms with E-state index >= 15 is 0 Å². The van der Waals surface area contributed by atoms with Gasteiger partial charge < -0.3 is 11.5 Å². The highest BCUT2D eigenvalue weighted by molar-refractivity contribution is 5.85. The zero-order valence-electron chi connectivity index (χ0n) is 10.4. The Balaban J connectivity index is 0.00000162. The Morgan fingerprint density at radius 2 is 1.89 bits per heavy atom. The van der Waals surface area contributed by atoms with Crippen molar-refractivity contribution >= 4 is 23.3 Å². The standard InChI is InChI=1S/C14H19N3.ClH/c15-9-4-3-6-13(16)11-8-10-17-14-7-2-1-5-12(11)14;/h1-2,5,7-8,10,13H,3-4,6,9,15-16H2;1H/t13-;/m0./s1. The van der Waals surface area contributed by atoms with E-state index in [1.165, 1.54) is 5.56 Å². The molecule has 1 atom stereocenters. The fourth-order valence-electron chi connectivity index (χ4n) is 2.11. The van der Waals surface area contributed by atoms with Crippen LogP contribution < -0.4 is 11.5 Å². The molecule has 1 aromatic heterocycles. The van der Waals surface area contributed by atoms with Crippen molar-refractivity contribution in [1.29, 1.82) is 0 Å². The number of unbranched alkanes of at least 4 members (excludes halogenated alkanes) is 1. The van der Waals surface area contributed by atoms with Crippen LogP contribution in [0, 0.1) is 0 Å². The minimum atomic E-state index is 0. The number of benzene rings is 1. The molecule has 0 saturated carbocycles. The van der Waals surface area contributed by atoms with Crippen LogP contribution in [0.4, 0.5) is 0 Å². The van der Waals surface area contributed by atoms with Crippen LogP contribution in [0.15, 0.2) is 36.5 Å². The Bertz CT molecular complexity index is 482. The lowest BCUT2D eigenvalue weighted by Gasteiger charge is -2.14. The Morgan fingerprint density at radius 1 is 1.11 bits per heavy atom. The Labute approximate surface area is 114 Å². The van der Waals surface area contributed by atoms with Crippen LogP contribution in [-0.2, 0) is 0 Å². The van der Waals surface area contributed by atoms with E-state index < -0.39 is 0 Å². The normalized spacial score (nSPS) is 12.1. The lowest BCUT2D eigenvalue weighted by Crippen LogP contribution is -2.11. The second kappa shape index (κ2) is 7.31. The molecular formula is C14H20ClN3. The summed E-state index contributed by atoms with van der Waals surface area (Å²) in [7, 11) is 0. The zero-order chi connectivity index (χ0) is 12.1. The number of hydrogen-bond acceptors (Lipinski definition) is 3. The van der Waals surface area contributed by atoms with Crippen molar-refractivity contribution in [3.8, 4) is 0 Å². The van der Waals surface area contributed by atoms with Gasteiger partial charge >= 0.3 is 0 Å². The van der Waals surface area contributed by atoms with Crippen molar-refractivity contribution < 1.29 is 0 Å². The summed E-state index contributed by atoms with van der Waals surface area (Å²) in [4.78, 5) is 4.35. The maximum Gasteiger partial charge on any atom is 0.0705 e. The Morgan fingerprint density at radius 3 is 2.67 bits per heavy atom. The third-order valence-electron chi connectivity index (χ3n) is 3.05. The maximum absolute atomic E-state index is 6.23. The molecule has 2 rings (SSSR count). The smallest absolute Gasteiger partial charge is 0.0705 e. The van der Waals surface area contributed by atoms with Gasteiger partial charge in [-0.1, -0.05) is 24.6 Å². The van der Waals surface area contributed by atoms with E-state index in [1.807, 2.05) is 30.5 Å². The molecule has 2 aromatic rings. The fraction of sp³-hybridized carbons (Fsp3) is 0.357. The first-order valence-electron chi connectivity index (χ1n) is 6.12. The third-order valence-corrected chi connectivity index (χ3v) is 3.05. The summed E-state index contributed by atoms with van der Waals surface area (Å²) in [5.74, 6) is 0. The number of rotatable bonds is 5. The summed E-state index contributed by atoms with van der Waals surface area (Å²) in [6, 6.07) is 10.2. The van der Waals surface area contributed by atoms with Gasteiger partial charge in [0.1, 0.15) is 0 Å². The minimum absolute atomic E-state index is 0. The molecule has 0 fully saturated rings. The quantitative estimate of drug-likeness (QED) is 0.817. The minimum Gasteiger partial charge on any atom is -0.330 e. The largest absolute Gasteiger partial charge is 0.330 e. The van der Waals surface area contributed by atoms with Gasteiger partial charge in [-0.2, -0.15) is 0 Å². The van der Waals surface area contributed by atoms with Gasteiger partial charge in [0.15, 0.2) is 0 Å². The molecular weight excluding hydrogens is 246 g/mol. The highest BCUT2D eigenvalue weighted by atomic mass is 35.5. The molecule has 98 valence electrons. The number of pyridine rings is 1.